The van der Waals surface area contributed by atoms with Crippen molar-refractivity contribution in [2.24, 2.45) is 11.8 Å². The van der Waals surface area contributed by atoms with E-state index in [1.807, 2.05) is 43.3 Å². The number of rotatable bonds is 8. The molecule has 34 heavy (non-hydrogen) atoms. The fraction of sp³-hybridized carbons (Fsp3) is 0.417. The summed E-state index contributed by atoms with van der Waals surface area (Å²) in [6.45, 7) is 0.976. The minimum atomic E-state index is -4.02. The van der Waals surface area contributed by atoms with E-state index >= 15 is 0 Å². The van der Waals surface area contributed by atoms with Crippen molar-refractivity contribution in [2.45, 2.75) is 30.6 Å². The molecule has 10 heteroatoms. The second-order valence-electron chi connectivity index (χ2n) is 8.98. The Morgan fingerprint density at radius 2 is 1.65 bits per heavy atom. The van der Waals surface area contributed by atoms with Gasteiger partial charge in [0, 0.05) is 38.6 Å². The van der Waals surface area contributed by atoms with Crippen LogP contribution in [0.5, 0.6) is 0 Å². The topological polar surface area (TPSA) is 87.2 Å². The first-order valence-corrected chi connectivity index (χ1v) is 12.8. The van der Waals surface area contributed by atoms with Gasteiger partial charge < -0.3 is 10.2 Å². The van der Waals surface area contributed by atoms with E-state index in [1.54, 1.807) is 0 Å². The van der Waals surface area contributed by atoms with Gasteiger partial charge in [-0.2, -0.15) is 4.98 Å². The number of nitrogens with zero attached hydrogens (tertiary/aromatic N) is 3. The average molecular weight is 490 g/mol. The molecule has 1 fully saturated rings. The Kier molecular flexibility index (Phi) is 7.27. The van der Waals surface area contributed by atoms with Crippen molar-refractivity contribution in [2.75, 3.05) is 37.4 Å². The standard InChI is InChI=1S/C24H29F2N5O2S/c1-31(2)23-19-5-3-4-6-21(19)29-24(30-23)27-14-16-7-9-17(10-8-16)15-28-34(32,33)22-12-11-18(25)13-20(22)26/h3-6,11-13,16-17,28H,7-10,14-15H2,1-2H3,(H,27,29,30)/t16-,17-. The fourth-order valence-electron chi connectivity index (χ4n) is 4.35. The highest BCUT2D eigenvalue weighted by atomic mass is 32.2. The van der Waals surface area contributed by atoms with Crippen LogP contribution in [0.2, 0.25) is 0 Å². The van der Waals surface area contributed by atoms with Gasteiger partial charge in [-0.05, 0) is 61.8 Å². The van der Waals surface area contributed by atoms with Crippen molar-refractivity contribution in [3.8, 4) is 0 Å². The highest BCUT2D eigenvalue weighted by Crippen LogP contribution is 2.30. The monoisotopic (exact) mass is 489 g/mol. The van der Waals surface area contributed by atoms with Crippen molar-refractivity contribution in [3.05, 3.63) is 54.1 Å². The number of hydrogen-bond donors (Lipinski definition) is 2. The van der Waals surface area contributed by atoms with Gasteiger partial charge in [-0.1, -0.05) is 12.1 Å². The van der Waals surface area contributed by atoms with Gasteiger partial charge in [0.1, 0.15) is 22.3 Å². The lowest BCUT2D eigenvalue weighted by Crippen LogP contribution is -2.32. The molecule has 0 radical (unpaired) electrons. The molecule has 7 nitrogen and oxygen atoms in total. The van der Waals surface area contributed by atoms with Crippen LogP contribution in [0, 0.1) is 23.5 Å². The van der Waals surface area contributed by atoms with Gasteiger partial charge in [0.2, 0.25) is 16.0 Å². The zero-order chi connectivity index (χ0) is 24.3. The van der Waals surface area contributed by atoms with Gasteiger partial charge in [-0.3, -0.25) is 0 Å². The van der Waals surface area contributed by atoms with Crippen LogP contribution in [-0.4, -0.2) is 45.6 Å². The summed E-state index contributed by atoms with van der Waals surface area (Å²) in [7, 11) is -0.107. The second-order valence-corrected chi connectivity index (χ2v) is 10.7. The van der Waals surface area contributed by atoms with E-state index in [9.17, 15) is 17.2 Å². The molecule has 0 atom stereocenters. The van der Waals surface area contributed by atoms with E-state index in [0.717, 1.165) is 61.1 Å². The van der Waals surface area contributed by atoms with Crippen LogP contribution in [0.3, 0.4) is 0 Å². The number of aromatic nitrogens is 2. The maximum atomic E-state index is 13.9. The molecule has 0 spiro atoms. The molecule has 1 saturated carbocycles. The highest BCUT2D eigenvalue weighted by Gasteiger charge is 2.25. The van der Waals surface area contributed by atoms with Gasteiger partial charge in [-0.15, -0.1) is 0 Å². The Hall–Kier alpha value is -2.85. The molecule has 2 aromatic carbocycles. The van der Waals surface area contributed by atoms with Gasteiger partial charge in [-0.25, -0.2) is 26.9 Å². The number of para-hydroxylation sites is 1. The Labute approximate surface area is 198 Å². The first-order chi connectivity index (χ1) is 16.2. The van der Waals surface area contributed by atoms with Crippen molar-refractivity contribution in [1.29, 1.82) is 0 Å². The molecule has 0 saturated heterocycles. The number of sulfonamides is 1. The summed E-state index contributed by atoms with van der Waals surface area (Å²) in [4.78, 5) is 10.7. The van der Waals surface area contributed by atoms with Crippen LogP contribution < -0.4 is 14.9 Å². The predicted octanol–water partition coefficient (Wildman–Crippen LogP) is 4.17. The van der Waals surface area contributed by atoms with Crippen molar-refractivity contribution >= 4 is 32.7 Å². The van der Waals surface area contributed by atoms with E-state index in [0.29, 0.717) is 17.9 Å². The molecule has 1 aliphatic rings. The molecular formula is C24H29F2N5O2S. The van der Waals surface area contributed by atoms with Crippen LogP contribution >= 0.6 is 0 Å². The first kappa shape index (κ1) is 24.3. The van der Waals surface area contributed by atoms with Gasteiger partial charge >= 0.3 is 0 Å². The molecule has 1 heterocycles. The van der Waals surface area contributed by atoms with E-state index in [4.69, 9.17) is 0 Å². The summed E-state index contributed by atoms with van der Waals surface area (Å²) in [5.41, 5.74) is 0.886. The Morgan fingerprint density at radius 1 is 0.971 bits per heavy atom. The maximum Gasteiger partial charge on any atom is 0.243 e. The van der Waals surface area contributed by atoms with Crippen LogP contribution in [0.4, 0.5) is 20.5 Å². The van der Waals surface area contributed by atoms with Crippen LogP contribution in [-0.2, 0) is 10.0 Å². The normalized spacial score (nSPS) is 18.7. The third-order valence-electron chi connectivity index (χ3n) is 6.27. The number of halogens is 2. The Bertz CT molecular complexity index is 1260. The van der Waals surface area contributed by atoms with Crippen molar-refractivity contribution in [1.82, 2.24) is 14.7 Å². The lowest BCUT2D eigenvalue weighted by atomic mass is 9.82. The van der Waals surface area contributed by atoms with Crippen LogP contribution in [0.15, 0.2) is 47.4 Å². The fourth-order valence-corrected chi connectivity index (χ4v) is 5.53. The van der Waals surface area contributed by atoms with Gasteiger partial charge in [0.05, 0.1) is 5.52 Å². The third-order valence-corrected chi connectivity index (χ3v) is 7.72. The van der Waals surface area contributed by atoms with Gasteiger partial charge in [0.15, 0.2) is 0 Å². The minimum Gasteiger partial charge on any atom is -0.362 e. The summed E-state index contributed by atoms with van der Waals surface area (Å²) in [5.74, 6) is 0.165. The maximum absolute atomic E-state index is 13.9. The molecule has 0 aliphatic heterocycles. The zero-order valence-electron chi connectivity index (χ0n) is 19.3. The molecule has 182 valence electrons. The van der Waals surface area contributed by atoms with Crippen LogP contribution in [0.25, 0.3) is 10.9 Å². The second kappa shape index (κ2) is 10.2. The summed E-state index contributed by atoms with van der Waals surface area (Å²) in [6.07, 6.45) is 3.61. The average Bonchev–Trinajstić information content (AvgIpc) is 2.81. The lowest BCUT2D eigenvalue weighted by Gasteiger charge is -2.28. The summed E-state index contributed by atoms with van der Waals surface area (Å²) >= 11 is 0. The number of anilines is 2. The molecule has 0 amide bonds. The van der Waals surface area contributed by atoms with E-state index in [1.165, 1.54) is 0 Å². The first-order valence-electron chi connectivity index (χ1n) is 11.4. The molecule has 2 N–H and O–H groups in total. The number of nitrogens with one attached hydrogen (secondary N) is 2. The molecular weight excluding hydrogens is 460 g/mol. The van der Waals surface area contributed by atoms with E-state index < -0.39 is 26.6 Å². The highest BCUT2D eigenvalue weighted by molar-refractivity contribution is 7.89. The largest absolute Gasteiger partial charge is 0.362 e. The molecule has 0 unspecified atom stereocenters. The third kappa shape index (κ3) is 5.61. The SMILES string of the molecule is CN(C)c1nc(NC[C@H]2CC[C@H](CNS(=O)(=O)c3ccc(F)cc3F)CC2)nc2ccccc12. The zero-order valence-corrected chi connectivity index (χ0v) is 20.1. The summed E-state index contributed by atoms with van der Waals surface area (Å²) < 4.78 is 54.2. The molecule has 0 bridgehead atoms. The van der Waals surface area contributed by atoms with Crippen LogP contribution in [0.1, 0.15) is 25.7 Å². The van der Waals surface area contributed by atoms with Gasteiger partial charge in [0.25, 0.3) is 0 Å². The number of benzene rings is 2. The Balaban J connectivity index is 1.29. The minimum absolute atomic E-state index is 0.173. The summed E-state index contributed by atoms with van der Waals surface area (Å²) in [5, 5.41) is 4.37. The number of hydrogen-bond acceptors (Lipinski definition) is 6. The molecule has 3 aromatic rings. The molecule has 1 aliphatic carbocycles. The van der Waals surface area contributed by atoms with Crippen molar-refractivity contribution < 1.29 is 17.2 Å². The van der Waals surface area contributed by atoms with Crippen molar-refractivity contribution in [3.63, 3.8) is 0 Å². The van der Waals surface area contributed by atoms with E-state index in [2.05, 4.69) is 20.0 Å². The Morgan fingerprint density at radius 3 is 2.32 bits per heavy atom. The summed E-state index contributed by atoms with van der Waals surface area (Å²) in [6, 6.07) is 10.4. The molecule has 1 aromatic heterocycles. The predicted molar refractivity (Wildman–Crippen MR) is 129 cm³/mol. The molecule has 4 rings (SSSR count). The quantitative estimate of drug-likeness (QED) is 0.494. The number of fused-ring (bicyclic) bond motifs is 1. The smallest absolute Gasteiger partial charge is 0.243 e. The van der Waals surface area contributed by atoms with E-state index in [-0.39, 0.29) is 12.5 Å². The lowest BCUT2D eigenvalue weighted by molar-refractivity contribution is 0.284.